The maximum absolute atomic E-state index is 9.53. The minimum Gasteiger partial charge on any atom is -0.855 e. The van der Waals surface area contributed by atoms with Crippen LogP contribution < -0.4 is 30.6 Å². The van der Waals surface area contributed by atoms with Gasteiger partial charge < -0.3 is 30.6 Å². The summed E-state index contributed by atoms with van der Waals surface area (Å²) in [7, 11) is 0. The zero-order valence-corrected chi connectivity index (χ0v) is 25.6. The first-order valence-electron chi connectivity index (χ1n) is 9.97. The summed E-state index contributed by atoms with van der Waals surface area (Å²) in [5, 5.41) is 56.0. The van der Waals surface area contributed by atoms with Gasteiger partial charge in [0.25, 0.3) is 0 Å². The fraction of sp³-hybridized carbons (Fsp3) is 1.00. The molecular formula is C20H46BaO6Ti. The molecule has 0 aromatic rings. The van der Waals surface area contributed by atoms with E-state index in [1.165, 1.54) is 0 Å². The average molecular weight is 568 g/mol. The van der Waals surface area contributed by atoms with Gasteiger partial charge in [0.05, 0.1) is 0 Å². The van der Waals surface area contributed by atoms with E-state index in [2.05, 4.69) is 0 Å². The normalized spacial score (nSPS) is 7.29. The Balaban J connectivity index is -0.0000000285. The van der Waals surface area contributed by atoms with Crippen LogP contribution >= 0.6 is 0 Å². The summed E-state index contributed by atoms with van der Waals surface area (Å²) in [6.07, 6.45) is 7.46. The molecule has 0 heterocycles. The molecule has 0 spiro atoms. The van der Waals surface area contributed by atoms with Crippen molar-refractivity contribution in [2.24, 2.45) is 0 Å². The van der Waals surface area contributed by atoms with E-state index in [-0.39, 0.29) is 110 Å². The van der Waals surface area contributed by atoms with E-state index in [9.17, 15) is 20.4 Å². The molecule has 0 bridgehead atoms. The van der Waals surface area contributed by atoms with Crippen LogP contribution in [0.25, 0.3) is 0 Å². The molecule has 0 fully saturated rings. The quantitative estimate of drug-likeness (QED) is 0.343. The molecule has 0 radical (unpaired) electrons. The van der Waals surface area contributed by atoms with E-state index in [0.29, 0.717) is 0 Å². The molecule has 168 valence electrons. The van der Waals surface area contributed by atoms with Crippen LogP contribution in [0.2, 0.25) is 0 Å². The van der Waals surface area contributed by atoms with Gasteiger partial charge in [-0.1, -0.05) is 92.9 Å². The van der Waals surface area contributed by atoms with Crippen molar-refractivity contribution in [3.63, 3.8) is 0 Å². The second kappa shape index (κ2) is 88.7. The Morgan fingerprint density at radius 3 is 0.500 bits per heavy atom. The predicted octanol–water partition coefficient (Wildman–Crippen LogP) is -1.06. The molecule has 28 heavy (non-hydrogen) atoms. The second-order valence-corrected chi connectivity index (χ2v) is 4.81. The van der Waals surface area contributed by atoms with Crippen LogP contribution in [0, 0.1) is 0 Å². The summed E-state index contributed by atoms with van der Waals surface area (Å²) < 4.78 is 0. The van der Waals surface area contributed by atoms with Crippen molar-refractivity contribution in [2.75, 3.05) is 39.6 Å². The number of hydrogen-bond acceptors (Lipinski definition) is 6. The van der Waals surface area contributed by atoms with Crippen molar-refractivity contribution >= 4 is 48.9 Å². The van der Waals surface area contributed by atoms with Crippen molar-refractivity contribution in [3.8, 4) is 0 Å². The van der Waals surface area contributed by atoms with E-state index < -0.39 is 0 Å². The van der Waals surface area contributed by atoms with Gasteiger partial charge in [-0.2, -0.15) is 0 Å². The zero-order chi connectivity index (χ0) is 21.9. The molecule has 0 unspecified atom stereocenters. The minimum atomic E-state index is 0. The molecule has 0 aliphatic heterocycles. The second-order valence-electron chi connectivity index (χ2n) is 4.81. The predicted molar refractivity (Wildman–Crippen MR) is 106 cm³/mol. The Hall–Kier alpha value is 2.05. The third-order valence-corrected chi connectivity index (χ3v) is 1.99. The zero-order valence-electron chi connectivity index (χ0n) is 19.6. The van der Waals surface area contributed by atoms with E-state index in [1.807, 2.05) is 27.7 Å². The molecule has 0 saturated heterocycles. The molecule has 0 N–H and O–H groups in total. The Morgan fingerprint density at radius 2 is 0.500 bits per heavy atom. The average Bonchev–Trinajstić information content (AvgIpc) is 2.61. The van der Waals surface area contributed by atoms with Crippen LogP contribution in [-0.2, 0) is 21.7 Å². The van der Waals surface area contributed by atoms with Crippen molar-refractivity contribution < 1.29 is 52.4 Å². The van der Waals surface area contributed by atoms with Crippen LogP contribution in [0.3, 0.4) is 0 Å². The maximum Gasteiger partial charge on any atom is 4.00 e. The molecule has 0 aromatic carbocycles. The molecule has 8 heteroatoms. The topological polar surface area (TPSA) is 138 Å². The molecule has 6 nitrogen and oxygen atoms in total. The van der Waals surface area contributed by atoms with Gasteiger partial charge in [-0.25, -0.2) is 0 Å². The van der Waals surface area contributed by atoms with Gasteiger partial charge in [0, 0.05) is 0 Å². The van der Waals surface area contributed by atoms with Crippen LogP contribution in [0.15, 0.2) is 0 Å². The summed E-state index contributed by atoms with van der Waals surface area (Å²) in [4.78, 5) is 0. The van der Waals surface area contributed by atoms with E-state index in [0.717, 1.165) is 51.4 Å². The van der Waals surface area contributed by atoms with Gasteiger partial charge in [-0.05, 0) is 0 Å². The van der Waals surface area contributed by atoms with Crippen molar-refractivity contribution in [2.45, 2.75) is 92.9 Å². The Kier molecular flexibility index (Phi) is 165. The van der Waals surface area contributed by atoms with Crippen LogP contribution in [0.1, 0.15) is 92.9 Å². The third kappa shape index (κ3) is 203. The Morgan fingerprint density at radius 1 is 0.393 bits per heavy atom. The Labute approximate surface area is 231 Å². The van der Waals surface area contributed by atoms with Crippen LogP contribution in [0.4, 0.5) is 0 Å². The monoisotopic (exact) mass is 568 g/mol. The fourth-order valence-corrected chi connectivity index (χ4v) is 0.577. The fourth-order valence-electron chi connectivity index (χ4n) is 0.577. The van der Waals surface area contributed by atoms with Gasteiger partial charge in [-0.15, -0.1) is 39.6 Å². The number of unbranched alkanes of at least 4 members (excludes halogenated alkanes) is 4. The molecule has 0 saturated carbocycles. The smallest absolute Gasteiger partial charge is 0.855 e. The first kappa shape index (κ1) is 52.2. The molecule has 0 amide bonds. The SMILES string of the molecule is CCCC[O-].CCCC[O-].CCCC[O-].CCCC[O-].CC[O-].CC[O-].[Ba+2].[Ti+4]. The molecule has 0 atom stereocenters. The molecule has 0 aliphatic carbocycles. The first-order valence-corrected chi connectivity index (χ1v) is 9.97. The van der Waals surface area contributed by atoms with E-state index in [1.54, 1.807) is 13.8 Å². The minimum absolute atomic E-state index is 0. The molecule has 0 rings (SSSR count). The number of rotatable bonds is 8. The van der Waals surface area contributed by atoms with Gasteiger partial charge in [0.15, 0.2) is 0 Å². The summed E-state index contributed by atoms with van der Waals surface area (Å²) in [6.45, 7) is 11.6. The van der Waals surface area contributed by atoms with Gasteiger partial charge >= 0.3 is 70.6 Å². The largest absolute Gasteiger partial charge is 4.00 e. The summed E-state index contributed by atoms with van der Waals surface area (Å²) in [6, 6.07) is 0. The summed E-state index contributed by atoms with van der Waals surface area (Å²) >= 11 is 0. The maximum atomic E-state index is 9.53. The van der Waals surface area contributed by atoms with Crippen molar-refractivity contribution in [3.05, 3.63) is 0 Å². The van der Waals surface area contributed by atoms with Crippen LogP contribution in [0.5, 0.6) is 0 Å². The standard InChI is InChI=1S/4C4H9O.2C2H5O.Ba.Ti/c4*1-2-3-4-5;2*1-2-3;;/h4*2-4H2,1H3;2*2H2,1H3;;/q6*-1;+2;+4. The van der Waals surface area contributed by atoms with Gasteiger partial charge in [-0.3, -0.25) is 0 Å². The van der Waals surface area contributed by atoms with Crippen molar-refractivity contribution in [1.82, 2.24) is 0 Å². The molecule has 0 aliphatic rings. The summed E-state index contributed by atoms with van der Waals surface area (Å²) in [5.74, 6) is 0. The Bertz CT molecular complexity index is 105. The van der Waals surface area contributed by atoms with E-state index in [4.69, 9.17) is 10.2 Å². The summed E-state index contributed by atoms with van der Waals surface area (Å²) in [5.41, 5.74) is 0. The first-order chi connectivity index (χ1) is 12.5. The molecule has 0 aromatic heterocycles. The van der Waals surface area contributed by atoms with Crippen LogP contribution in [-0.4, -0.2) is 88.5 Å². The third-order valence-electron chi connectivity index (χ3n) is 1.99. The van der Waals surface area contributed by atoms with Crippen molar-refractivity contribution in [1.29, 1.82) is 0 Å². The van der Waals surface area contributed by atoms with E-state index >= 15 is 0 Å². The molecular weight excluding hydrogens is 521 g/mol. The van der Waals surface area contributed by atoms with Gasteiger partial charge in [0.2, 0.25) is 0 Å². The number of hydrogen-bond donors (Lipinski definition) is 0. The van der Waals surface area contributed by atoms with Gasteiger partial charge in [0.1, 0.15) is 0 Å².